The minimum Gasteiger partial charge on any atom is -0.497 e. The molecule has 0 amide bonds. The molecule has 1 saturated heterocycles. The van der Waals surface area contributed by atoms with Gasteiger partial charge < -0.3 is 20.5 Å². The fraction of sp³-hybridized carbons (Fsp3) is 0.500. The minimum atomic E-state index is -0.751. The Kier molecular flexibility index (Phi) is 4.39. The van der Waals surface area contributed by atoms with E-state index in [9.17, 15) is 4.79 Å². The van der Waals surface area contributed by atoms with Gasteiger partial charge in [-0.05, 0) is 30.7 Å². The minimum absolute atomic E-state index is 0.169. The number of ether oxygens (including phenoxy) is 1. The zero-order valence-corrected chi connectivity index (χ0v) is 11.1. The third kappa shape index (κ3) is 3.68. The van der Waals surface area contributed by atoms with Gasteiger partial charge in [-0.1, -0.05) is 12.1 Å². The van der Waals surface area contributed by atoms with Gasteiger partial charge in [-0.25, -0.2) is 0 Å². The summed E-state index contributed by atoms with van der Waals surface area (Å²) in [5, 5.41) is 15.4. The summed E-state index contributed by atoms with van der Waals surface area (Å²) in [6.45, 7) is 2.23. The molecule has 0 radical (unpaired) electrons. The Hall–Kier alpha value is -1.59. The maximum absolute atomic E-state index is 10.8. The lowest BCUT2D eigenvalue weighted by Crippen LogP contribution is -2.68. The number of carboxylic acids is 1. The van der Waals surface area contributed by atoms with Gasteiger partial charge in [0.1, 0.15) is 5.75 Å². The number of hydrogen-bond acceptors (Lipinski definition) is 4. The average Bonchev–Trinajstić information content (AvgIpc) is 2.36. The number of methoxy groups -OCH3 is 1. The highest BCUT2D eigenvalue weighted by Gasteiger charge is 2.38. The quantitative estimate of drug-likeness (QED) is 0.674. The molecule has 0 spiro atoms. The van der Waals surface area contributed by atoms with E-state index in [0.717, 1.165) is 31.8 Å². The molecule has 1 heterocycles. The van der Waals surface area contributed by atoms with Crippen LogP contribution in [0.2, 0.25) is 0 Å². The summed E-state index contributed by atoms with van der Waals surface area (Å²) in [4.78, 5) is 10.8. The van der Waals surface area contributed by atoms with E-state index in [-0.39, 0.29) is 12.0 Å². The monoisotopic (exact) mass is 264 g/mol. The van der Waals surface area contributed by atoms with Crippen molar-refractivity contribution in [3.8, 4) is 5.75 Å². The summed E-state index contributed by atoms with van der Waals surface area (Å²) in [5.74, 6) is 0.0979. The smallest absolute Gasteiger partial charge is 0.305 e. The molecule has 5 heteroatoms. The lowest BCUT2D eigenvalue weighted by molar-refractivity contribution is -0.139. The van der Waals surface area contributed by atoms with E-state index in [2.05, 4.69) is 10.6 Å². The van der Waals surface area contributed by atoms with Crippen LogP contribution in [-0.2, 0) is 11.2 Å². The Balaban J connectivity index is 1.80. The van der Waals surface area contributed by atoms with Crippen molar-refractivity contribution in [3.63, 3.8) is 0 Å². The van der Waals surface area contributed by atoms with Crippen molar-refractivity contribution < 1.29 is 14.6 Å². The van der Waals surface area contributed by atoms with Crippen LogP contribution < -0.4 is 15.4 Å². The van der Waals surface area contributed by atoms with E-state index < -0.39 is 5.97 Å². The SMILES string of the molecule is COc1ccc(CCNC2(CC(=O)O)CNC2)cc1. The highest BCUT2D eigenvalue weighted by atomic mass is 16.5. The summed E-state index contributed by atoms with van der Waals surface area (Å²) in [7, 11) is 1.65. The first-order valence-corrected chi connectivity index (χ1v) is 6.44. The summed E-state index contributed by atoms with van der Waals surface area (Å²) in [5.41, 5.74) is 0.948. The topological polar surface area (TPSA) is 70.6 Å². The number of aliphatic carboxylic acids is 1. The number of nitrogens with one attached hydrogen (secondary N) is 2. The van der Waals surface area contributed by atoms with Crippen LogP contribution >= 0.6 is 0 Å². The molecule has 0 aliphatic carbocycles. The van der Waals surface area contributed by atoms with Crippen LogP contribution in [-0.4, -0.2) is 43.4 Å². The predicted octanol–water partition coefficient (Wildman–Crippen LogP) is 0.644. The molecule has 2 rings (SSSR count). The molecule has 5 nitrogen and oxygen atoms in total. The average molecular weight is 264 g/mol. The van der Waals surface area contributed by atoms with Crippen LogP contribution in [0.4, 0.5) is 0 Å². The Labute approximate surface area is 113 Å². The summed E-state index contributed by atoms with van der Waals surface area (Å²) in [6.07, 6.45) is 1.05. The lowest BCUT2D eigenvalue weighted by Gasteiger charge is -2.42. The van der Waals surface area contributed by atoms with Crippen LogP contribution in [0.5, 0.6) is 5.75 Å². The highest BCUT2D eigenvalue weighted by molar-refractivity contribution is 5.68. The predicted molar refractivity (Wildman–Crippen MR) is 72.6 cm³/mol. The number of rotatable bonds is 7. The Bertz CT molecular complexity index is 427. The van der Waals surface area contributed by atoms with Gasteiger partial charge in [0.25, 0.3) is 0 Å². The van der Waals surface area contributed by atoms with Crippen molar-refractivity contribution in [2.75, 3.05) is 26.7 Å². The third-order valence-electron chi connectivity index (χ3n) is 3.49. The van der Waals surface area contributed by atoms with E-state index >= 15 is 0 Å². The van der Waals surface area contributed by atoms with Gasteiger partial charge in [0.2, 0.25) is 0 Å². The molecule has 3 N–H and O–H groups in total. The summed E-state index contributed by atoms with van der Waals surface area (Å²) >= 11 is 0. The van der Waals surface area contributed by atoms with Gasteiger partial charge in [-0.15, -0.1) is 0 Å². The number of hydrogen-bond donors (Lipinski definition) is 3. The zero-order valence-electron chi connectivity index (χ0n) is 11.1. The number of carboxylic acid groups (broad SMARTS) is 1. The molecular weight excluding hydrogens is 244 g/mol. The van der Waals surface area contributed by atoms with Crippen molar-refractivity contribution in [2.24, 2.45) is 0 Å². The van der Waals surface area contributed by atoms with Gasteiger partial charge in [-0.2, -0.15) is 0 Å². The first kappa shape index (κ1) is 13.8. The van der Waals surface area contributed by atoms with E-state index in [1.54, 1.807) is 7.11 Å². The molecule has 1 aliphatic rings. The first-order chi connectivity index (χ1) is 9.13. The maximum atomic E-state index is 10.8. The van der Waals surface area contributed by atoms with E-state index in [1.165, 1.54) is 5.56 Å². The van der Waals surface area contributed by atoms with Gasteiger partial charge in [0, 0.05) is 13.1 Å². The van der Waals surface area contributed by atoms with Gasteiger partial charge in [-0.3, -0.25) is 4.79 Å². The summed E-state index contributed by atoms with van der Waals surface area (Å²) < 4.78 is 5.11. The second-order valence-corrected chi connectivity index (χ2v) is 4.98. The molecule has 0 atom stereocenters. The van der Waals surface area contributed by atoms with Crippen LogP contribution in [0, 0.1) is 0 Å². The van der Waals surface area contributed by atoms with Crippen molar-refractivity contribution in [1.82, 2.24) is 10.6 Å². The standard InChI is InChI=1S/C14H20N2O3/c1-19-12-4-2-11(3-5-12)6-7-16-14(8-13(17)18)9-15-10-14/h2-5,15-16H,6-10H2,1H3,(H,17,18). The molecule has 1 aromatic rings. The van der Waals surface area contributed by atoms with Crippen LogP contribution in [0.25, 0.3) is 0 Å². The molecule has 0 saturated carbocycles. The zero-order chi connectivity index (χ0) is 13.7. The third-order valence-corrected chi connectivity index (χ3v) is 3.49. The van der Waals surface area contributed by atoms with Crippen molar-refractivity contribution in [2.45, 2.75) is 18.4 Å². The molecule has 19 heavy (non-hydrogen) atoms. The molecule has 1 fully saturated rings. The number of benzene rings is 1. The molecular formula is C14H20N2O3. The Morgan fingerprint density at radius 2 is 2.11 bits per heavy atom. The summed E-state index contributed by atoms with van der Waals surface area (Å²) in [6, 6.07) is 7.94. The molecule has 0 aromatic heterocycles. The normalized spacial score (nSPS) is 16.7. The second kappa shape index (κ2) is 6.04. The Morgan fingerprint density at radius 1 is 1.42 bits per heavy atom. The first-order valence-electron chi connectivity index (χ1n) is 6.44. The van der Waals surface area contributed by atoms with Crippen LogP contribution in [0.3, 0.4) is 0 Å². The molecule has 0 unspecified atom stereocenters. The van der Waals surface area contributed by atoms with Gasteiger partial charge in [0.15, 0.2) is 0 Å². The fourth-order valence-electron chi connectivity index (χ4n) is 2.29. The molecule has 1 aromatic carbocycles. The molecule has 0 bridgehead atoms. The Morgan fingerprint density at radius 3 is 2.58 bits per heavy atom. The largest absolute Gasteiger partial charge is 0.497 e. The molecule has 1 aliphatic heterocycles. The van der Waals surface area contributed by atoms with Crippen LogP contribution in [0.15, 0.2) is 24.3 Å². The van der Waals surface area contributed by atoms with Crippen molar-refractivity contribution >= 4 is 5.97 Å². The van der Waals surface area contributed by atoms with E-state index in [1.807, 2.05) is 24.3 Å². The van der Waals surface area contributed by atoms with Crippen LogP contribution in [0.1, 0.15) is 12.0 Å². The van der Waals surface area contributed by atoms with Crippen molar-refractivity contribution in [1.29, 1.82) is 0 Å². The molecule has 104 valence electrons. The maximum Gasteiger partial charge on any atom is 0.305 e. The highest BCUT2D eigenvalue weighted by Crippen LogP contribution is 2.16. The van der Waals surface area contributed by atoms with Gasteiger partial charge >= 0.3 is 5.97 Å². The fourth-order valence-corrected chi connectivity index (χ4v) is 2.29. The lowest BCUT2D eigenvalue weighted by atomic mass is 9.88. The number of carbonyl (C=O) groups is 1. The second-order valence-electron chi connectivity index (χ2n) is 4.98. The van der Waals surface area contributed by atoms with Crippen molar-refractivity contribution in [3.05, 3.63) is 29.8 Å². The van der Waals surface area contributed by atoms with E-state index in [4.69, 9.17) is 9.84 Å². The van der Waals surface area contributed by atoms with E-state index in [0.29, 0.717) is 0 Å². The van der Waals surface area contributed by atoms with Gasteiger partial charge in [0.05, 0.1) is 19.1 Å².